The van der Waals surface area contributed by atoms with Crippen LogP contribution >= 0.6 is 0 Å². The van der Waals surface area contributed by atoms with Gasteiger partial charge in [-0.05, 0) is 64.2 Å². The van der Waals surface area contributed by atoms with E-state index < -0.39 is 74.2 Å². The maximum Gasteiger partial charge on any atom is 0.249 e. The van der Waals surface area contributed by atoms with E-state index >= 15 is 0 Å². The second-order valence-electron chi connectivity index (χ2n) is 20.0. The molecule has 0 aromatic rings. The third-order valence-corrected chi connectivity index (χ3v) is 13.7. The lowest BCUT2D eigenvalue weighted by Gasteiger charge is -2.40. The highest BCUT2D eigenvalue weighted by Crippen LogP contribution is 2.23. The fourth-order valence-corrected chi connectivity index (χ4v) is 9.00. The summed E-state index contributed by atoms with van der Waals surface area (Å²) >= 11 is 0. The monoisotopic (exact) mass is 966 g/mol. The van der Waals surface area contributed by atoms with Gasteiger partial charge < -0.3 is 50.5 Å². The Hall–Kier alpha value is -1.67. The number of aliphatic hydroxyl groups excluding tert-OH is 7. The zero-order chi connectivity index (χ0) is 49.7. The smallest absolute Gasteiger partial charge is 0.249 e. The Labute approximate surface area is 416 Å². The van der Waals surface area contributed by atoms with Crippen molar-refractivity contribution in [2.75, 3.05) is 13.2 Å². The molecule has 68 heavy (non-hydrogen) atoms. The molecule has 0 bridgehead atoms. The molecule has 11 nitrogen and oxygen atoms in total. The number of carbonyl (C=O) groups excluding carboxylic acids is 1. The summed E-state index contributed by atoms with van der Waals surface area (Å²) in [6.45, 7) is 3.44. The molecule has 0 aromatic heterocycles. The van der Waals surface area contributed by atoms with E-state index in [2.05, 4.69) is 55.6 Å². The van der Waals surface area contributed by atoms with Crippen molar-refractivity contribution in [3.05, 3.63) is 36.5 Å². The van der Waals surface area contributed by atoms with Gasteiger partial charge in [-0.2, -0.15) is 0 Å². The van der Waals surface area contributed by atoms with Crippen LogP contribution < -0.4 is 5.32 Å². The number of ether oxygens (including phenoxy) is 2. The molecule has 1 rings (SSSR count). The van der Waals surface area contributed by atoms with Gasteiger partial charge in [0.15, 0.2) is 6.29 Å². The van der Waals surface area contributed by atoms with Gasteiger partial charge in [-0.1, -0.05) is 224 Å². The van der Waals surface area contributed by atoms with Crippen molar-refractivity contribution in [2.24, 2.45) is 0 Å². The van der Waals surface area contributed by atoms with Gasteiger partial charge in [-0.3, -0.25) is 4.79 Å². The van der Waals surface area contributed by atoms with E-state index in [0.29, 0.717) is 19.3 Å². The highest BCUT2D eigenvalue weighted by Gasteiger charge is 2.44. The number of amides is 1. The SMILES string of the molecule is CCCCCCCC/C=C/CC/C=C/CC/C=C/CCCC(O)C(O)C(COC1OC(CO)C(O)C(O)C1O)NC(=O)C(O)CCCCCCCCCCCCCCCCCCCCCCCC. The molecule has 8 N–H and O–H groups in total. The normalized spacial score (nSPS) is 20.8. The van der Waals surface area contributed by atoms with Crippen molar-refractivity contribution in [3.63, 3.8) is 0 Å². The molecule has 0 aromatic carbocycles. The molecule has 1 aliphatic heterocycles. The standard InChI is InChI=1S/C57H107NO10/c1-3-5-7-9-11-13-15-17-19-21-23-24-25-27-29-31-33-35-37-39-41-43-45-50(61)56(66)58-48(47-67-57-55(65)54(64)53(63)51(46-59)68-57)52(62)49(60)44-42-40-38-36-34-32-30-28-26-22-20-18-16-14-12-10-8-6-4-2/h18,20,28,30,36,38,48-55,57,59-65H,3-17,19,21-27,29,31-35,37,39-47H2,1-2H3,(H,58,66)/b20-18+,30-28+,38-36+. The third-order valence-electron chi connectivity index (χ3n) is 13.7. The van der Waals surface area contributed by atoms with Gasteiger partial charge in [0.25, 0.3) is 0 Å². The van der Waals surface area contributed by atoms with E-state index in [4.69, 9.17) is 9.47 Å². The molecule has 1 fully saturated rings. The van der Waals surface area contributed by atoms with Crippen LogP contribution in [0, 0.1) is 0 Å². The first-order valence-corrected chi connectivity index (χ1v) is 28.4. The molecule has 9 unspecified atom stereocenters. The van der Waals surface area contributed by atoms with E-state index in [0.717, 1.165) is 44.9 Å². The highest BCUT2D eigenvalue weighted by molar-refractivity contribution is 5.80. The quantitative estimate of drug-likeness (QED) is 0.0215. The number of aliphatic hydroxyl groups is 7. The fourth-order valence-electron chi connectivity index (χ4n) is 9.00. The van der Waals surface area contributed by atoms with Crippen LogP contribution in [-0.4, -0.2) is 110 Å². The molecule has 0 aliphatic carbocycles. The molecule has 0 radical (unpaired) electrons. The maximum absolute atomic E-state index is 13.2. The van der Waals surface area contributed by atoms with Crippen molar-refractivity contribution in [1.82, 2.24) is 5.32 Å². The molecular weight excluding hydrogens is 859 g/mol. The number of hydrogen-bond donors (Lipinski definition) is 8. The van der Waals surface area contributed by atoms with Crippen molar-refractivity contribution in [2.45, 2.75) is 306 Å². The molecule has 0 spiro atoms. The molecule has 1 heterocycles. The van der Waals surface area contributed by atoms with Crippen molar-refractivity contribution in [3.8, 4) is 0 Å². The van der Waals surface area contributed by atoms with Gasteiger partial charge in [-0.15, -0.1) is 0 Å². The molecule has 9 atom stereocenters. The van der Waals surface area contributed by atoms with Crippen LogP contribution in [0.5, 0.6) is 0 Å². The number of hydrogen-bond acceptors (Lipinski definition) is 10. The van der Waals surface area contributed by atoms with Crippen molar-refractivity contribution >= 4 is 5.91 Å². The van der Waals surface area contributed by atoms with Gasteiger partial charge in [-0.25, -0.2) is 0 Å². The van der Waals surface area contributed by atoms with Gasteiger partial charge in [0, 0.05) is 0 Å². The minimum absolute atomic E-state index is 0.242. The summed E-state index contributed by atoms with van der Waals surface area (Å²) in [5, 5.41) is 76.0. The summed E-state index contributed by atoms with van der Waals surface area (Å²) in [5.41, 5.74) is 0. The number of rotatable bonds is 48. The fraction of sp³-hybridized carbons (Fsp3) is 0.877. The van der Waals surface area contributed by atoms with Gasteiger partial charge in [0.2, 0.25) is 5.91 Å². The largest absolute Gasteiger partial charge is 0.394 e. The Morgan fingerprint density at radius 3 is 1.31 bits per heavy atom. The Balaban J connectivity index is 2.36. The third kappa shape index (κ3) is 34.6. The van der Waals surface area contributed by atoms with Crippen LogP contribution in [0.1, 0.15) is 251 Å². The van der Waals surface area contributed by atoms with E-state index in [1.807, 2.05) is 0 Å². The first-order valence-electron chi connectivity index (χ1n) is 28.4. The predicted molar refractivity (Wildman–Crippen MR) is 279 cm³/mol. The van der Waals surface area contributed by atoms with Gasteiger partial charge in [0.05, 0.1) is 25.4 Å². The summed E-state index contributed by atoms with van der Waals surface area (Å²) in [5.74, 6) is -0.709. The summed E-state index contributed by atoms with van der Waals surface area (Å²) in [4.78, 5) is 13.2. The second kappa shape index (κ2) is 46.4. The van der Waals surface area contributed by atoms with Crippen LogP contribution in [0.4, 0.5) is 0 Å². The lowest BCUT2D eigenvalue weighted by atomic mass is 9.98. The average Bonchev–Trinajstić information content (AvgIpc) is 3.34. The van der Waals surface area contributed by atoms with Crippen LogP contribution in [0.2, 0.25) is 0 Å². The Bertz CT molecular complexity index is 1200. The summed E-state index contributed by atoms with van der Waals surface area (Å²) < 4.78 is 11.1. The zero-order valence-electron chi connectivity index (χ0n) is 43.6. The van der Waals surface area contributed by atoms with Crippen LogP contribution in [0.15, 0.2) is 36.5 Å². The summed E-state index contributed by atoms with van der Waals surface area (Å²) in [6, 6.07) is -1.19. The highest BCUT2D eigenvalue weighted by atomic mass is 16.7. The molecule has 11 heteroatoms. The molecule has 1 saturated heterocycles. The second-order valence-corrected chi connectivity index (χ2v) is 20.0. The van der Waals surface area contributed by atoms with Gasteiger partial charge in [0.1, 0.15) is 36.6 Å². The summed E-state index contributed by atoms with van der Waals surface area (Å²) in [6.07, 6.45) is 44.8. The van der Waals surface area contributed by atoms with E-state index in [9.17, 15) is 40.5 Å². The molecule has 1 aliphatic rings. The van der Waals surface area contributed by atoms with E-state index in [1.54, 1.807) is 0 Å². The molecule has 0 saturated carbocycles. The molecule has 1 amide bonds. The van der Waals surface area contributed by atoms with Crippen LogP contribution in [0.3, 0.4) is 0 Å². The van der Waals surface area contributed by atoms with E-state index in [-0.39, 0.29) is 12.8 Å². The number of unbranched alkanes of at least 4 members (excludes halogenated alkanes) is 30. The number of carbonyl (C=O) groups is 1. The predicted octanol–water partition coefficient (Wildman–Crippen LogP) is 11.5. The van der Waals surface area contributed by atoms with Crippen molar-refractivity contribution < 1.29 is 50.0 Å². The lowest BCUT2D eigenvalue weighted by Crippen LogP contribution is -2.60. The van der Waals surface area contributed by atoms with E-state index in [1.165, 1.54) is 161 Å². The molecular formula is C57H107NO10. The maximum atomic E-state index is 13.2. The van der Waals surface area contributed by atoms with Crippen molar-refractivity contribution in [1.29, 1.82) is 0 Å². The topological polar surface area (TPSA) is 189 Å². The first-order chi connectivity index (χ1) is 33.2. The first kappa shape index (κ1) is 64.3. The minimum atomic E-state index is -1.67. The Kier molecular flexibility index (Phi) is 43.9. The Morgan fingerprint density at radius 2 is 0.882 bits per heavy atom. The average molecular weight is 966 g/mol. The zero-order valence-corrected chi connectivity index (χ0v) is 43.6. The summed E-state index contributed by atoms with van der Waals surface area (Å²) in [7, 11) is 0. The number of allylic oxidation sites excluding steroid dienone is 6. The van der Waals surface area contributed by atoms with Gasteiger partial charge >= 0.3 is 0 Å². The minimum Gasteiger partial charge on any atom is -0.394 e. The van der Waals surface area contributed by atoms with Crippen LogP contribution in [-0.2, 0) is 14.3 Å². The number of nitrogens with one attached hydrogen (secondary N) is 1. The molecule has 400 valence electrons. The lowest BCUT2D eigenvalue weighted by molar-refractivity contribution is -0.303. The van der Waals surface area contributed by atoms with Crippen LogP contribution in [0.25, 0.3) is 0 Å². The Morgan fingerprint density at radius 1 is 0.500 bits per heavy atom.